The molecular weight excluding hydrogens is 436 g/mol. The molecule has 3 rings (SSSR count). The van der Waals surface area contributed by atoms with Crippen molar-refractivity contribution in [2.24, 2.45) is 0 Å². The molecule has 33 heavy (non-hydrogen) atoms. The maximum absolute atomic E-state index is 13.0. The first-order valence-corrected chi connectivity index (χ1v) is 9.75. The van der Waals surface area contributed by atoms with Crippen LogP contribution in [0.1, 0.15) is 10.4 Å². The summed E-state index contributed by atoms with van der Waals surface area (Å²) >= 11 is 0. The highest BCUT2D eigenvalue weighted by molar-refractivity contribution is 6.07. The SMILES string of the molecule is COc1ccc(-c2cc(NC(=O)c3ccc(OC)c(OC)c3OC)ccc2OC(F)F)cc1. The third kappa shape index (κ3) is 5.25. The molecule has 174 valence electrons. The molecule has 7 nitrogen and oxygen atoms in total. The highest BCUT2D eigenvalue weighted by Gasteiger charge is 2.21. The third-order valence-electron chi connectivity index (χ3n) is 4.80. The van der Waals surface area contributed by atoms with Crippen LogP contribution in [0.3, 0.4) is 0 Å². The fraction of sp³-hybridized carbons (Fsp3) is 0.208. The monoisotopic (exact) mass is 459 g/mol. The van der Waals surface area contributed by atoms with Crippen molar-refractivity contribution in [2.45, 2.75) is 6.61 Å². The van der Waals surface area contributed by atoms with Gasteiger partial charge in [0.05, 0.1) is 34.0 Å². The Morgan fingerprint density at radius 2 is 1.45 bits per heavy atom. The van der Waals surface area contributed by atoms with Crippen molar-refractivity contribution in [2.75, 3.05) is 33.8 Å². The van der Waals surface area contributed by atoms with E-state index >= 15 is 0 Å². The average molecular weight is 459 g/mol. The number of hydrogen-bond acceptors (Lipinski definition) is 6. The van der Waals surface area contributed by atoms with E-state index in [0.29, 0.717) is 28.3 Å². The van der Waals surface area contributed by atoms with E-state index < -0.39 is 12.5 Å². The summed E-state index contributed by atoms with van der Waals surface area (Å²) in [4.78, 5) is 13.0. The molecule has 0 atom stereocenters. The zero-order valence-corrected chi connectivity index (χ0v) is 18.5. The Morgan fingerprint density at radius 1 is 0.788 bits per heavy atom. The summed E-state index contributed by atoms with van der Waals surface area (Å²) in [5.41, 5.74) is 1.54. The van der Waals surface area contributed by atoms with Crippen LogP contribution < -0.4 is 29.0 Å². The fourth-order valence-electron chi connectivity index (χ4n) is 3.28. The molecule has 0 aliphatic heterocycles. The second-order valence-electron chi connectivity index (χ2n) is 6.65. The van der Waals surface area contributed by atoms with Crippen LogP contribution in [0.15, 0.2) is 54.6 Å². The molecule has 0 bridgehead atoms. The summed E-state index contributed by atoms with van der Waals surface area (Å²) in [5, 5.41) is 2.75. The number of carbonyl (C=O) groups is 1. The van der Waals surface area contributed by atoms with Crippen molar-refractivity contribution in [3.05, 3.63) is 60.2 Å². The van der Waals surface area contributed by atoms with E-state index in [1.807, 2.05) is 0 Å². The smallest absolute Gasteiger partial charge is 0.387 e. The number of hydrogen-bond donors (Lipinski definition) is 1. The first-order chi connectivity index (χ1) is 15.9. The molecule has 0 radical (unpaired) electrons. The quantitative estimate of drug-likeness (QED) is 0.472. The van der Waals surface area contributed by atoms with Gasteiger partial charge in [-0.2, -0.15) is 8.78 Å². The number of rotatable bonds is 9. The van der Waals surface area contributed by atoms with Gasteiger partial charge in [-0.15, -0.1) is 0 Å². The van der Waals surface area contributed by atoms with Gasteiger partial charge in [0.2, 0.25) is 5.75 Å². The summed E-state index contributed by atoms with van der Waals surface area (Å²) in [7, 11) is 5.84. The van der Waals surface area contributed by atoms with Crippen LogP contribution in [0, 0.1) is 0 Å². The summed E-state index contributed by atoms with van der Waals surface area (Å²) < 4.78 is 51.6. The Balaban J connectivity index is 1.98. The van der Waals surface area contributed by atoms with Gasteiger partial charge in [0.1, 0.15) is 11.5 Å². The van der Waals surface area contributed by atoms with Crippen LogP contribution in [0.25, 0.3) is 11.1 Å². The summed E-state index contributed by atoms with van der Waals surface area (Å²) in [6, 6.07) is 14.3. The van der Waals surface area contributed by atoms with E-state index in [1.54, 1.807) is 36.4 Å². The Labute approximate surface area is 189 Å². The van der Waals surface area contributed by atoms with Gasteiger partial charge >= 0.3 is 6.61 Å². The highest BCUT2D eigenvalue weighted by Crippen LogP contribution is 2.40. The lowest BCUT2D eigenvalue weighted by molar-refractivity contribution is -0.0494. The number of ether oxygens (including phenoxy) is 5. The van der Waals surface area contributed by atoms with E-state index in [1.165, 1.54) is 46.6 Å². The minimum Gasteiger partial charge on any atom is -0.497 e. The van der Waals surface area contributed by atoms with E-state index in [2.05, 4.69) is 10.1 Å². The molecule has 3 aromatic carbocycles. The Hall–Kier alpha value is -4.01. The Morgan fingerprint density at radius 3 is 2.03 bits per heavy atom. The molecule has 0 unspecified atom stereocenters. The van der Waals surface area contributed by atoms with Crippen LogP contribution >= 0.6 is 0 Å². The number of nitrogens with one attached hydrogen (secondary N) is 1. The van der Waals surface area contributed by atoms with Crippen LogP contribution in [0.2, 0.25) is 0 Å². The maximum Gasteiger partial charge on any atom is 0.387 e. The van der Waals surface area contributed by atoms with Crippen molar-refractivity contribution < 1.29 is 37.3 Å². The standard InChI is InChI=1S/C24H23F2NO6/c1-29-16-8-5-14(6-9-16)18-13-15(7-11-19(18)33-24(25)26)27-23(28)17-10-12-20(30-2)22(32-4)21(17)31-3/h5-13,24H,1-4H3,(H,27,28). The van der Waals surface area contributed by atoms with Gasteiger partial charge in [-0.1, -0.05) is 12.1 Å². The molecule has 9 heteroatoms. The molecule has 3 aromatic rings. The minimum atomic E-state index is -3.00. The Kier molecular flexibility index (Phi) is 7.55. The van der Waals surface area contributed by atoms with Gasteiger partial charge in [0, 0.05) is 11.3 Å². The molecule has 0 fully saturated rings. The van der Waals surface area contributed by atoms with Gasteiger partial charge in [-0.3, -0.25) is 4.79 Å². The van der Waals surface area contributed by atoms with Crippen LogP contribution in [-0.2, 0) is 0 Å². The lowest BCUT2D eigenvalue weighted by atomic mass is 10.0. The number of anilines is 1. The van der Waals surface area contributed by atoms with Crippen LogP contribution in [0.4, 0.5) is 14.5 Å². The second kappa shape index (κ2) is 10.5. The van der Waals surface area contributed by atoms with E-state index in [9.17, 15) is 13.6 Å². The van der Waals surface area contributed by atoms with Crippen molar-refractivity contribution in [3.8, 4) is 39.9 Å². The minimum absolute atomic E-state index is 0.0307. The first-order valence-electron chi connectivity index (χ1n) is 9.75. The molecule has 0 aliphatic rings. The molecule has 0 saturated carbocycles. The predicted octanol–water partition coefficient (Wildman–Crippen LogP) is 5.24. The molecule has 1 amide bonds. The van der Waals surface area contributed by atoms with Crippen molar-refractivity contribution in [1.82, 2.24) is 0 Å². The first kappa shape index (κ1) is 23.6. The van der Waals surface area contributed by atoms with Crippen LogP contribution in [0.5, 0.6) is 28.7 Å². The number of benzene rings is 3. The molecule has 1 N–H and O–H groups in total. The largest absolute Gasteiger partial charge is 0.497 e. The van der Waals surface area contributed by atoms with Gasteiger partial charge in [0.15, 0.2) is 11.5 Å². The average Bonchev–Trinajstić information content (AvgIpc) is 2.83. The predicted molar refractivity (Wildman–Crippen MR) is 119 cm³/mol. The summed E-state index contributed by atoms with van der Waals surface area (Å²) in [5.74, 6) is 0.962. The van der Waals surface area contributed by atoms with Gasteiger partial charge in [0.25, 0.3) is 5.91 Å². The summed E-state index contributed by atoms with van der Waals surface area (Å²) in [6.07, 6.45) is 0. The second-order valence-corrected chi connectivity index (χ2v) is 6.65. The molecular formula is C24H23F2NO6. The topological polar surface area (TPSA) is 75.3 Å². The van der Waals surface area contributed by atoms with E-state index in [0.717, 1.165) is 0 Å². The molecule has 0 aliphatic carbocycles. The third-order valence-corrected chi connectivity index (χ3v) is 4.80. The number of halogens is 2. The Bertz CT molecular complexity index is 1120. The molecule has 0 aromatic heterocycles. The lowest BCUT2D eigenvalue weighted by Crippen LogP contribution is -2.14. The molecule has 0 heterocycles. The van der Waals surface area contributed by atoms with Crippen molar-refractivity contribution in [3.63, 3.8) is 0 Å². The molecule has 0 saturated heterocycles. The van der Waals surface area contributed by atoms with Gasteiger partial charge in [-0.05, 0) is 48.0 Å². The zero-order valence-electron chi connectivity index (χ0n) is 18.5. The lowest BCUT2D eigenvalue weighted by Gasteiger charge is -2.16. The number of amides is 1. The van der Waals surface area contributed by atoms with E-state index in [-0.39, 0.29) is 22.8 Å². The van der Waals surface area contributed by atoms with Crippen molar-refractivity contribution >= 4 is 11.6 Å². The number of carbonyl (C=O) groups excluding carboxylic acids is 1. The zero-order chi connectivity index (χ0) is 24.0. The fourth-order valence-corrected chi connectivity index (χ4v) is 3.28. The summed E-state index contributed by atoms with van der Waals surface area (Å²) in [6.45, 7) is -3.00. The normalized spacial score (nSPS) is 10.5. The van der Waals surface area contributed by atoms with Crippen molar-refractivity contribution in [1.29, 1.82) is 0 Å². The maximum atomic E-state index is 13.0. The number of methoxy groups -OCH3 is 4. The number of alkyl halides is 2. The van der Waals surface area contributed by atoms with E-state index in [4.69, 9.17) is 18.9 Å². The highest BCUT2D eigenvalue weighted by atomic mass is 19.3. The van der Waals surface area contributed by atoms with Gasteiger partial charge < -0.3 is 29.0 Å². The van der Waals surface area contributed by atoms with Gasteiger partial charge in [-0.25, -0.2) is 0 Å². The molecule has 0 spiro atoms. The van der Waals surface area contributed by atoms with Crippen LogP contribution in [-0.4, -0.2) is 41.0 Å².